The van der Waals surface area contributed by atoms with E-state index in [9.17, 15) is 4.79 Å². The Hall–Kier alpha value is -2.82. The summed E-state index contributed by atoms with van der Waals surface area (Å²) in [7, 11) is 1.35. The number of nitrogen functional groups attached to an aromatic ring is 1. The normalized spacial score (nSPS) is 10.7. The van der Waals surface area contributed by atoms with Gasteiger partial charge >= 0.3 is 5.97 Å². The van der Waals surface area contributed by atoms with Gasteiger partial charge in [-0.15, -0.1) is 0 Å². The Bertz CT molecular complexity index is 808. The third-order valence-corrected chi connectivity index (χ3v) is 3.30. The van der Waals surface area contributed by atoms with Crippen molar-refractivity contribution in [3.05, 3.63) is 60.0 Å². The van der Waals surface area contributed by atoms with E-state index in [1.807, 2.05) is 36.4 Å². The molecule has 0 atom stereocenters. The maximum Gasteiger partial charge on any atom is 0.354 e. The maximum atomic E-state index is 11.7. The van der Waals surface area contributed by atoms with Gasteiger partial charge in [0.1, 0.15) is 5.69 Å². The number of carbonyl (C=O) groups excluding carboxylic acids is 1. The Kier molecular flexibility index (Phi) is 3.31. The average Bonchev–Trinajstić information content (AvgIpc) is 2.87. The fourth-order valence-corrected chi connectivity index (χ4v) is 2.31. The van der Waals surface area contributed by atoms with E-state index in [4.69, 9.17) is 10.5 Å². The summed E-state index contributed by atoms with van der Waals surface area (Å²) in [6.07, 6.45) is 1.71. The standard InChI is InChI=1S/C16H15N3O2/c1-21-16(20)15-8-12(17)9-19(15)10-13-7-6-11-4-2-3-5-14(11)18-13/h2-9H,10,17H2,1H3. The quantitative estimate of drug-likeness (QED) is 0.749. The van der Waals surface area contributed by atoms with Crippen LogP contribution in [0.25, 0.3) is 10.9 Å². The number of anilines is 1. The maximum absolute atomic E-state index is 11.7. The topological polar surface area (TPSA) is 70.1 Å². The molecule has 0 amide bonds. The van der Waals surface area contributed by atoms with Gasteiger partial charge in [-0.1, -0.05) is 24.3 Å². The molecule has 0 aliphatic carbocycles. The fraction of sp³-hybridized carbons (Fsp3) is 0.125. The summed E-state index contributed by atoms with van der Waals surface area (Å²) in [5.41, 5.74) is 8.49. The number of nitrogens with two attached hydrogens (primary N) is 1. The fourth-order valence-electron chi connectivity index (χ4n) is 2.31. The molecule has 2 heterocycles. The van der Waals surface area contributed by atoms with E-state index in [1.54, 1.807) is 16.8 Å². The first-order valence-electron chi connectivity index (χ1n) is 6.56. The first kappa shape index (κ1) is 13.2. The van der Waals surface area contributed by atoms with E-state index in [-0.39, 0.29) is 0 Å². The molecule has 0 radical (unpaired) electrons. The molecule has 0 saturated carbocycles. The highest BCUT2D eigenvalue weighted by molar-refractivity contribution is 5.89. The monoisotopic (exact) mass is 281 g/mol. The predicted octanol–water partition coefficient (Wildman–Crippen LogP) is 2.45. The molecule has 106 valence electrons. The number of fused-ring (bicyclic) bond motifs is 1. The number of para-hydroxylation sites is 1. The summed E-state index contributed by atoms with van der Waals surface area (Å²) in [4.78, 5) is 16.3. The number of ether oxygens (including phenoxy) is 1. The van der Waals surface area contributed by atoms with Crippen LogP contribution in [0, 0.1) is 0 Å². The van der Waals surface area contributed by atoms with Crippen molar-refractivity contribution in [1.82, 2.24) is 9.55 Å². The molecule has 0 aliphatic rings. The second-order valence-corrected chi connectivity index (χ2v) is 4.77. The first-order chi connectivity index (χ1) is 10.2. The van der Waals surface area contributed by atoms with Gasteiger partial charge in [-0.05, 0) is 18.2 Å². The van der Waals surface area contributed by atoms with Crippen molar-refractivity contribution in [1.29, 1.82) is 0 Å². The van der Waals surface area contributed by atoms with Crippen molar-refractivity contribution in [3.63, 3.8) is 0 Å². The van der Waals surface area contributed by atoms with Gasteiger partial charge in [0.15, 0.2) is 0 Å². The molecular weight excluding hydrogens is 266 g/mol. The van der Waals surface area contributed by atoms with Crippen LogP contribution < -0.4 is 5.73 Å². The number of esters is 1. The first-order valence-corrected chi connectivity index (χ1v) is 6.56. The third-order valence-electron chi connectivity index (χ3n) is 3.30. The molecule has 0 aliphatic heterocycles. The molecule has 0 unspecified atom stereocenters. The Balaban J connectivity index is 1.96. The van der Waals surface area contributed by atoms with Gasteiger partial charge in [0.2, 0.25) is 0 Å². The smallest absolute Gasteiger partial charge is 0.354 e. The molecule has 5 heteroatoms. The van der Waals surface area contributed by atoms with Crippen molar-refractivity contribution < 1.29 is 9.53 Å². The molecule has 21 heavy (non-hydrogen) atoms. The number of pyridine rings is 1. The van der Waals surface area contributed by atoms with Crippen LogP contribution in [0.4, 0.5) is 5.69 Å². The van der Waals surface area contributed by atoms with Gasteiger partial charge in [-0.2, -0.15) is 0 Å². The van der Waals surface area contributed by atoms with Crippen LogP contribution in [0.2, 0.25) is 0 Å². The molecule has 3 rings (SSSR count). The molecule has 0 bridgehead atoms. The number of hydrogen-bond acceptors (Lipinski definition) is 4. The number of rotatable bonds is 3. The lowest BCUT2D eigenvalue weighted by atomic mass is 10.2. The Morgan fingerprint density at radius 1 is 1.29 bits per heavy atom. The van der Waals surface area contributed by atoms with E-state index in [2.05, 4.69) is 4.98 Å². The van der Waals surface area contributed by atoms with Crippen LogP contribution in [0.15, 0.2) is 48.7 Å². The van der Waals surface area contributed by atoms with Crippen molar-refractivity contribution in [3.8, 4) is 0 Å². The Morgan fingerprint density at radius 2 is 2.10 bits per heavy atom. The van der Waals surface area contributed by atoms with Gasteiger partial charge in [0, 0.05) is 11.6 Å². The zero-order chi connectivity index (χ0) is 14.8. The average molecular weight is 281 g/mol. The minimum Gasteiger partial charge on any atom is -0.464 e. The third kappa shape index (κ3) is 2.58. The van der Waals surface area contributed by atoms with Crippen molar-refractivity contribution in [2.45, 2.75) is 6.54 Å². The number of nitrogens with zero attached hydrogens (tertiary/aromatic N) is 2. The van der Waals surface area contributed by atoms with Gasteiger partial charge in [0.05, 0.1) is 30.6 Å². The molecular formula is C16H15N3O2. The largest absolute Gasteiger partial charge is 0.464 e. The lowest BCUT2D eigenvalue weighted by Gasteiger charge is -2.08. The second kappa shape index (κ2) is 5.28. The highest BCUT2D eigenvalue weighted by Crippen LogP contribution is 2.16. The van der Waals surface area contributed by atoms with E-state index in [0.717, 1.165) is 16.6 Å². The van der Waals surface area contributed by atoms with E-state index >= 15 is 0 Å². The molecule has 1 aromatic carbocycles. The van der Waals surface area contributed by atoms with Crippen LogP contribution in [0.5, 0.6) is 0 Å². The van der Waals surface area contributed by atoms with Crippen LogP contribution in [-0.2, 0) is 11.3 Å². The SMILES string of the molecule is COC(=O)c1cc(N)cn1Cc1ccc2ccccc2n1. The van der Waals surface area contributed by atoms with Crippen LogP contribution >= 0.6 is 0 Å². The summed E-state index contributed by atoms with van der Waals surface area (Å²) in [5, 5.41) is 1.08. The minimum atomic E-state index is -0.410. The van der Waals surface area contributed by atoms with E-state index in [0.29, 0.717) is 17.9 Å². The number of aromatic nitrogens is 2. The molecule has 0 spiro atoms. The molecule has 2 N–H and O–H groups in total. The van der Waals surface area contributed by atoms with Gasteiger partial charge < -0.3 is 15.0 Å². The predicted molar refractivity (Wildman–Crippen MR) is 81.0 cm³/mol. The van der Waals surface area contributed by atoms with Crippen LogP contribution in [-0.4, -0.2) is 22.6 Å². The number of carbonyl (C=O) groups is 1. The lowest BCUT2D eigenvalue weighted by Crippen LogP contribution is -2.11. The van der Waals surface area contributed by atoms with Crippen LogP contribution in [0.1, 0.15) is 16.2 Å². The molecule has 3 aromatic rings. The minimum absolute atomic E-state index is 0.410. The van der Waals surface area contributed by atoms with Gasteiger partial charge in [0.25, 0.3) is 0 Å². The van der Waals surface area contributed by atoms with Crippen LogP contribution in [0.3, 0.4) is 0 Å². The van der Waals surface area contributed by atoms with Crippen molar-refractivity contribution in [2.24, 2.45) is 0 Å². The zero-order valence-corrected chi connectivity index (χ0v) is 11.6. The molecule has 5 nitrogen and oxygen atoms in total. The lowest BCUT2D eigenvalue weighted by molar-refractivity contribution is 0.0589. The Labute approximate surface area is 122 Å². The van der Waals surface area contributed by atoms with Crippen molar-refractivity contribution in [2.75, 3.05) is 12.8 Å². The van der Waals surface area contributed by atoms with Crippen molar-refractivity contribution >= 4 is 22.6 Å². The summed E-state index contributed by atoms with van der Waals surface area (Å²) in [6.45, 7) is 0.465. The zero-order valence-electron chi connectivity index (χ0n) is 11.6. The van der Waals surface area contributed by atoms with Gasteiger partial charge in [-0.25, -0.2) is 4.79 Å². The summed E-state index contributed by atoms with van der Waals surface area (Å²) in [5.74, 6) is -0.410. The molecule has 0 saturated heterocycles. The molecule has 2 aromatic heterocycles. The van der Waals surface area contributed by atoms with E-state index in [1.165, 1.54) is 7.11 Å². The number of benzene rings is 1. The van der Waals surface area contributed by atoms with E-state index < -0.39 is 5.97 Å². The highest BCUT2D eigenvalue weighted by Gasteiger charge is 2.13. The Morgan fingerprint density at radius 3 is 2.90 bits per heavy atom. The summed E-state index contributed by atoms with van der Waals surface area (Å²) < 4.78 is 6.51. The summed E-state index contributed by atoms with van der Waals surface area (Å²) >= 11 is 0. The highest BCUT2D eigenvalue weighted by atomic mass is 16.5. The number of hydrogen-bond donors (Lipinski definition) is 1. The molecule has 0 fully saturated rings. The second-order valence-electron chi connectivity index (χ2n) is 4.77. The van der Waals surface area contributed by atoms with Gasteiger partial charge in [-0.3, -0.25) is 4.98 Å². The number of methoxy groups -OCH3 is 1. The summed E-state index contributed by atoms with van der Waals surface area (Å²) in [6, 6.07) is 13.5.